The predicted octanol–water partition coefficient (Wildman–Crippen LogP) is 10.4. The molecule has 0 aliphatic carbocycles. The van der Waals surface area contributed by atoms with Crippen molar-refractivity contribution in [3.63, 3.8) is 0 Å². The first-order chi connectivity index (χ1) is 28.8. The number of allylic oxidation sites excluding steroid dienone is 9. The fourth-order valence-electron chi connectivity index (χ4n) is 7.22. The van der Waals surface area contributed by atoms with Crippen LogP contribution < -0.4 is 5.32 Å². The van der Waals surface area contributed by atoms with Crippen LogP contribution in [0.25, 0.3) is 0 Å². The second kappa shape index (κ2) is 40.0. The van der Waals surface area contributed by atoms with Crippen molar-refractivity contribution >= 4 is 5.91 Å². The van der Waals surface area contributed by atoms with Gasteiger partial charge in [-0.05, 0) is 70.6 Å². The van der Waals surface area contributed by atoms with Crippen LogP contribution in [0.15, 0.2) is 60.8 Å². The van der Waals surface area contributed by atoms with Gasteiger partial charge in [0.2, 0.25) is 5.91 Å². The quantitative estimate of drug-likeness (QED) is 0.0265. The Morgan fingerprint density at radius 3 is 1.61 bits per heavy atom. The molecule has 0 aromatic carbocycles. The van der Waals surface area contributed by atoms with E-state index in [0.717, 1.165) is 64.2 Å². The zero-order valence-corrected chi connectivity index (χ0v) is 37.5. The largest absolute Gasteiger partial charge is 0.394 e. The van der Waals surface area contributed by atoms with Crippen molar-refractivity contribution in [2.24, 2.45) is 0 Å². The minimum atomic E-state index is -1.57. The Morgan fingerprint density at radius 2 is 1.07 bits per heavy atom. The minimum absolute atomic E-state index is 0.194. The smallest absolute Gasteiger partial charge is 0.220 e. The van der Waals surface area contributed by atoms with Gasteiger partial charge in [-0.25, -0.2) is 0 Å². The highest BCUT2D eigenvalue weighted by molar-refractivity contribution is 5.76. The molecule has 0 spiro atoms. The molecule has 9 nitrogen and oxygen atoms in total. The lowest BCUT2D eigenvalue weighted by molar-refractivity contribution is -0.302. The number of aliphatic hydroxyl groups excluding tert-OH is 5. The van der Waals surface area contributed by atoms with Crippen molar-refractivity contribution < 1.29 is 39.8 Å². The summed E-state index contributed by atoms with van der Waals surface area (Å²) < 4.78 is 11.2. The van der Waals surface area contributed by atoms with E-state index in [-0.39, 0.29) is 12.5 Å². The number of nitrogens with one attached hydrogen (secondary N) is 1. The normalized spacial score (nSPS) is 21.2. The van der Waals surface area contributed by atoms with Crippen LogP contribution in [0.5, 0.6) is 0 Å². The lowest BCUT2D eigenvalue weighted by Gasteiger charge is -2.40. The highest BCUT2D eigenvalue weighted by Crippen LogP contribution is 2.22. The molecule has 1 amide bonds. The van der Waals surface area contributed by atoms with Crippen LogP contribution in [0.4, 0.5) is 0 Å². The number of carbonyl (C=O) groups excluding carboxylic acids is 1. The summed E-state index contributed by atoms with van der Waals surface area (Å²) in [6.07, 6.45) is 45.5. The van der Waals surface area contributed by atoms with E-state index in [9.17, 15) is 30.3 Å². The van der Waals surface area contributed by atoms with E-state index in [2.05, 4.69) is 67.8 Å². The molecule has 0 radical (unpaired) electrons. The lowest BCUT2D eigenvalue weighted by atomic mass is 9.99. The first-order valence-electron chi connectivity index (χ1n) is 24.0. The summed E-state index contributed by atoms with van der Waals surface area (Å²) in [5, 5.41) is 54.2. The molecule has 0 bridgehead atoms. The summed E-state index contributed by atoms with van der Waals surface area (Å²) in [5.74, 6) is -0.194. The molecule has 1 fully saturated rings. The van der Waals surface area contributed by atoms with Crippen LogP contribution >= 0.6 is 0 Å². The highest BCUT2D eigenvalue weighted by Gasteiger charge is 2.44. The molecule has 1 aliphatic heterocycles. The summed E-state index contributed by atoms with van der Waals surface area (Å²) in [6.45, 7) is 3.63. The van der Waals surface area contributed by atoms with Gasteiger partial charge in [-0.2, -0.15) is 0 Å². The van der Waals surface area contributed by atoms with Crippen molar-refractivity contribution in [1.82, 2.24) is 5.32 Å². The van der Waals surface area contributed by atoms with Crippen molar-refractivity contribution in [1.29, 1.82) is 0 Å². The van der Waals surface area contributed by atoms with Crippen molar-refractivity contribution in [3.05, 3.63) is 60.8 Å². The molecule has 6 N–H and O–H groups in total. The molecular weight excluding hydrogens is 743 g/mol. The number of rotatable bonds is 39. The number of carbonyl (C=O) groups is 1. The molecule has 1 rings (SSSR count). The third-order valence-electron chi connectivity index (χ3n) is 11.1. The number of ether oxygens (including phenoxy) is 2. The van der Waals surface area contributed by atoms with Crippen LogP contribution in [-0.4, -0.2) is 87.5 Å². The van der Waals surface area contributed by atoms with E-state index >= 15 is 0 Å². The van der Waals surface area contributed by atoms with Crippen LogP contribution in [-0.2, 0) is 14.3 Å². The van der Waals surface area contributed by atoms with Crippen LogP contribution in [0.1, 0.15) is 194 Å². The van der Waals surface area contributed by atoms with Crippen molar-refractivity contribution in [2.75, 3.05) is 13.2 Å². The van der Waals surface area contributed by atoms with E-state index < -0.39 is 49.5 Å². The fraction of sp³-hybridized carbons (Fsp3) is 0.780. The molecule has 9 heteroatoms. The predicted molar refractivity (Wildman–Crippen MR) is 244 cm³/mol. The maximum absolute atomic E-state index is 13.0. The van der Waals surface area contributed by atoms with Crippen LogP contribution in [0.2, 0.25) is 0 Å². The average Bonchev–Trinajstić information content (AvgIpc) is 3.23. The number of unbranched alkanes of at least 4 members (excludes halogenated alkanes) is 21. The second-order valence-electron chi connectivity index (χ2n) is 16.5. The van der Waals surface area contributed by atoms with Gasteiger partial charge >= 0.3 is 0 Å². The van der Waals surface area contributed by atoms with E-state index in [1.54, 1.807) is 6.08 Å². The van der Waals surface area contributed by atoms with E-state index in [4.69, 9.17) is 9.47 Å². The minimum Gasteiger partial charge on any atom is -0.394 e. The van der Waals surface area contributed by atoms with Gasteiger partial charge in [0, 0.05) is 6.42 Å². The number of aliphatic hydroxyl groups is 5. The number of hydrogen-bond donors (Lipinski definition) is 6. The van der Waals surface area contributed by atoms with Crippen molar-refractivity contribution in [3.8, 4) is 0 Å². The lowest BCUT2D eigenvalue weighted by Crippen LogP contribution is -2.60. The standard InChI is InChI=1S/C50H89NO8/c1-3-5-7-9-11-13-15-17-19-20-21-22-23-24-26-28-30-32-34-36-38-40-46(54)51-43(42-58-50-49(57)48(56)47(55)45(41-52)59-50)44(53)39-37-35-33-31-29-27-25-18-16-14-12-10-8-6-4-2/h5,7,11,13,16,18,29,31,37,39,43-45,47-50,52-53,55-57H,3-4,6,8-10,12,14-15,17,19-28,30,32-36,38,40-42H2,1-2H3,(H,51,54)/b7-5-,13-11-,18-16+,31-29+,39-37+. The van der Waals surface area contributed by atoms with Gasteiger partial charge in [-0.1, -0.05) is 177 Å². The maximum atomic E-state index is 13.0. The van der Waals surface area contributed by atoms with Crippen LogP contribution in [0.3, 0.4) is 0 Å². The molecule has 0 aromatic heterocycles. The number of amides is 1. The van der Waals surface area contributed by atoms with E-state index in [1.165, 1.54) is 109 Å². The molecule has 0 aromatic rings. The Bertz CT molecular complexity index is 1100. The SMILES string of the molecule is CC/C=C\C/C=C\CCCCCCCCCCCCCCCCC(=O)NC(COC1OC(CO)C(O)C(O)C1O)C(O)/C=C/CC/C=C/CC/C=C/CCCCCCC. The van der Waals surface area contributed by atoms with E-state index in [0.29, 0.717) is 6.42 Å². The van der Waals surface area contributed by atoms with Gasteiger partial charge in [-0.15, -0.1) is 0 Å². The number of hydrogen-bond acceptors (Lipinski definition) is 8. The Morgan fingerprint density at radius 1 is 0.593 bits per heavy atom. The molecular formula is C50H89NO8. The molecule has 1 saturated heterocycles. The third-order valence-corrected chi connectivity index (χ3v) is 11.1. The summed E-state index contributed by atoms with van der Waals surface area (Å²) in [6, 6.07) is -0.828. The van der Waals surface area contributed by atoms with Gasteiger partial charge in [0.05, 0.1) is 25.4 Å². The first-order valence-corrected chi connectivity index (χ1v) is 24.0. The summed E-state index contributed by atoms with van der Waals surface area (Å²) >= 11 is 0. The second-order valence-corrected chi connectivity index (χ2v) is 16.5. The third kappa shape index (κ3) is 30.6. The van der Waals surface area contributed by atoms with Gasteiger partial charge in [0.25, 0.3) is 0 Å². The summed E-state index contributed by atoms with van der Waals surface area (Å²) in [4.78, 5) is 13.0. The zero-order chi connectivity index (χ0) is 43.0. The zero-order valence-electron chi connectivity index (χ0n) is 37.5. The summed E-state index contributed by atoms with van der Waals surface area (Å²) in [5.41, 5.74) is 0. The molecule has 59 heavy (non-hydrogen) atoms. The molecule has 7 atom stereocenters. The molecule has 0 saturated carbocycles. The van der Waals surface area contributed by atoms with Gasteiger partial charge in [0.1, 0.15) is 24.4 Å². The first kappa shape index (κ1) is 54.9. The average molecular weight is 832 g/mol. The van der Waals surface area contributed by atoms with Gasteiger partial charge in [0.15, 0.2) is 6.29 Å². The molecule has 1 aliphatic rings. The van der Waals surface area contributed by atoms with Crippen molar-refractivity contribution in [2.45, 2.75) is 236 Å². The Hall–Kier alpha value is -2.11. The molecule has 1 heterocycles. The topological polar surface area (TPSA) is 149 Å². The fourth-order valence-corrected chi connectivity index (χ4v) is 7.22. The highest BCUT2D eigenvalue weighted by atomic mass is 16.7. The Labute approximate surface area is 360 Å². The Balaban J connectivity index is 2.33. The van der Waals surface area contributed by atoms with Gasteiger partial charge < -0.3 is 40.3 Å². The van der Waals surface area contributed by atoms with E-state index in [1.807, 2.05) is 6.08 Å². The summed E-state index contributed by atoms with van der Waals surface area (Å²) in [7, 11) is 0. The van der Waals surface area contributed by atoms with Gasteiger partial charge in [-0.3, -0.25) is 4.79 Å². The van der Waals surface area contributed by atoms with Crippen LogP contribution in [0, 0.1) is 0 Å². The Kier molecular flexibility index (Phi) is 37.2. The molecule has 7 unspecified atom stereocenters. The molecule has 342 valence electrons. The monoisotopic (exact) mass is 832 g/mol. The maximum Gasteiger partial charge on any atom is 0.220 e.